The molecule has 2 N–H and O–H groups in total. The molecule has 4 heteroatoms. The number of nitrogens with zero attached hydrogens (tertiary/aromatic N) is 3. The summed E-state index contributed by atoms with van der Waals surface area (Å²) in [6.45, 7) is 3.31. The maximum atomic E-state index is 5.74. The van der Waals surface area contributed by atoms with Gasteiger partial charge in [-0.1, -0.05) is 6.92 Å². The van der Waals surface area contributed by atoms with E-state index in [0.717, 1.165) is 24.2 Å². The summed E-state index contributed by atoms with van der Waals surface area (Å²) in [6, 6.07) is 0. The molecule has 1 aliphatic carbocycles. The van der Waals surface area contributed by atoms with E-state index in [0.29, 0.717) is 5.82 Å². The van der Waals surface area contributed by atoms with E-state index in [1.165, 1.54) is 6.42 Å². The van der Waals surface area contributed by atoms with E-state index < -0.39 is 0 Å². The Kier molecular flexibility index (Phi) is 2.27. The second-order valence-electron chi connectivity index (χ2n) is 4.12. The summed E-state index contributed by atoms with van der Waals surface area (Å²) in [5.74, 6) is 2.98. The van der Waals surface area contributed by atoms with Gasteiger partial charge in [0.15, 0.2) is 11.6 Å². The molecule has 0 spiro atoms. The third kappa shape index (κ3) is 1.78. The van der Waals surface area contributed by atoms with Gasteiger partial charge in [-0.05, 0) is 18.3 Å². The van der Waals surface area contributed by atoms with Gasteiger partial charge in [-0.2, -0.15) is 0 Å². The van der Waals surface area contributed by atoms with Crippen molar-refractivity contribution in [1.29, 1.82) is 0 Å². The molecule has 0 aromatic carbocycles. The first-order valence-electron chi connectivity index (χ1n) is 4.96. The molecule has 2 unspecified atom stereocenters. The Morgan fingerprint density at radius 2 is 2.14 bits per heavy atom. The highest BCUT2D eigenvalue weighted by molar-refractivity contribution is 5.56. The van der Waals surface area contributed by atoms with Gasteiger partial charge >= 0.3 is 0 Å². The van der Waals surface area contributed by atoms with Crippen LogP contribution < -0.4 is 10.6 Å². The van der Waals surface area contributed by atoms with Gasteiger partial charge in [0.2, 0.25) is 0 Å². The molecule has 0 amide bonds. The lowest BCUT2D eigenvalue weighted by molar-refractivity contribution is 0.719. The predicted octanol–water partition coefficient (Wildman–Crippen LogP) is 1.15. The van der Waals surface area contributed by atoms with Crippen LogP contribution in [0.1, 0.15) is 13.3 Å². The third-order valence-corrected chi connectivity index (χ3v) is 2.85. The van der Waals surface area contributed by atoms with Gasteiger partial charge in [0.1, 0.15) is 0 Å². The highest BCUT2D eigenvalue weighted by Crippen LogP contribution is 2.38. The van der Waals surface area contributed by atoms with Crippen molar-refractivity contribution in [2.24, 2.45) is 11.8 Å². The van der Waals surface area contributed by atoms with Crippen LogP contribution in [0.4, 0.5) is 11.6 Å². The van der Waals surface area contributed by atoms with Crippen LogP contribution in [0.15, 0.2) is 12.4 Å². The Hall–Kier alpha value is -1.32. The van der Waals surface area contributed by atoms with Gasteiger partial charge < -0.3 is 10.6 Å². The highest BCUT2D eigenvalue weighted by atomic mass is 15.2. The molecule has 1 heterocycles. The number of nitrogens with two attached hydrogens (primary N) is 1. The molecule has 1 saturated carbocycles. The molecule has 14 heavy (non-hydrogen) atoms. The van der Waals surface area contributed by atoms with Crippen molar-refractivity contribution in [2.75, 3.05) is 24.2 Å². The lowest BCUT2D eigenvalue weighted by atomic mass is 10.3. The molecule has 0 bridgehead atoms. The van der Waals surface area contributed by atoms with Gasteiger partial charge in [0.05, 0.1) is 0 Å². The van der Waals surface area contributed by atoms with Crippen molar-refractivity contribution in [3.05, 3.63) is 12.4 Å². The SMILES string of the molecule is CC1CC1CN(C)c1nccnc1N. The fourth-order valence-corrected chi connectivity index (χ4v) is 1.73. The Labute approximate surface area is 84.2 Å². The Morgan fingerprint density at radius 3 is 2.71 bits per heavy atom. The number of anilines is 2. The van der Waals surface area contributed by atoms with Crippen molar-refractivity contribution in [3.8, 4) is 0 Å². The minimum Gasteiger partial charge on any atom is -0.381 e. The molecule has 76 valence electrons. The van der Waals surface area contributed by atoms with Crippen LogP contribution in [0.25, 0.3) is 0 Å². The molecule has 1 aliphatic rings. The van der Waals surface area contributed by atoms with E-state index in [1.807, 2.05) is 7.05 Å². The zero-order valence-electron chi connectivity index (χ0n) is 8.64. The molecule has 0 saturated heterocycles. The first kappa shape index (κ1) is 9.24. The van der Waals surface area contributed by atoms with Crippen molar-refractivity contribution in [2.45, 2.75) is 13.3 Å². The highest BCUT2D eigenvalue weighted by Gasteiger charge is 2.33. The summed E-state index contributed by atoms with van der Waals surface area (Å²) in [5, 5.41) is 0. The predicted molar refractivity (Wildman–Crippen MR) is 57.0 cm³/mol. The molecule has 0 aliphatic heterocycles. The second-order valence-corrected chi connectivity index (χ2v) is 4.12. The second kappa shape index (κ2) is 3.44. The summed E-state index contributed by atoms with van der Waals surface area (Å²) >= 11 is 0. The fourth-order valence-electron chi connectivity index (χ4n) is 1.73. The van der Waals surface area contributed by atoms with Crippen molar-refractivity contribution in [1.82, 2.24) is 9.97 Å². The molecular weight excluding hydrogens is 176 g/mol. The van der Waals surface area contributed by atoms with Crippen molar-refractivity contribution in [3.63, 3.8) is 0 Å². The van der Waals surface area contributed by atoms with Crippen LogP contribution in [0.5, 0.6) is 0 Å². The smallest absolute Gasteiger partial charge is 0.171 e. The number of nitrogen functional groups attached to an aromatic ring is 1. The maximum absolute atomic E-state index is 5.74. The summed E-state index contributed by atoms with van der Waals surface area (Å²) in [4.78, 5) is 10.3. The first-order chi connectivity index (χ1) is 6.68. The lowest BCUT2D eigenvalue weighted by Gasteiger charge is -2.18. The van der Waals surface area contributed by atoms with Gasteiger partial charge in [0, 0.05) is 26.0 Å². The van der Waals surface area contributed by atoms with Crippen LogP contribution in [0.2, 0.25) is 0 Å². The summed E-state index contributed by atoms with van der Waals surface area (Å²) in [5.41, 5.74) is 5.74. The minimum absolute atomic E-state index is 0.517. The lowest BCUT2D eigenvalue weighted by Crippen LogP contribution is -2.23. The summed E-state index contributed by atoms with van der Waals surface area (Å²) < 4.78 is 0. The first-order valence-corrected chi connectivity index (χ1v) is 4.96. The van der Waals surface area contributed by atoms with Crippen LogP contribution in [0.3, 0.4) is 0 Å². The standard InChI is InChI=1S/C10H16N4/c1-7-5-8(7)6-14(2)10-9(11)12-3-4-13-10/h3-4,7-8H,5-6H2,1-2H3,(H2,11,12). The van der Waals surface area contributed by atoms with Crippen LogP contribution in [-0.2, 0) is 0 Å². The van der Waals surface area contributed by atoms with E-state index in [-0.39, 0.29) is 0 Å². The van der Waals surface area contributed by atoms with Gasteiger partial charge in [-0.3, -0.25) is 0 Å². The molecule has 0 radical (unpaired) electrons. The van der Waals surface area contributed by atoms with Gasteiger partial charge in [-0.25, -0.2) is 9.97 Å². The maximum Gasteiger partial charge on any atom is 0.171 e. The fraction of sp³-hybridized carbons (Fsp3) is 0.600. The van der Waals surface area contributed by atoms with Crippen LogP contribution in [0, 0.1) is 11.8 Å². The van der Waals surface area contributed by atoms with Crippen LogP contribution >= 0.6 is 0 Å². The average Bonchev–Trinajstić information content (AvgIpc) is 2.82. The number of hydrogen-bond donors (Lipinski definition) is 1. The third-order valence-electron chi connectivity index (χ3n) is 2.85. The van der Waals surface area contributed by atoms with E-state index >= 15 is 0 Å². The van der Waals surface area contributed by atoms with Gasteiger partial charge in [0.25, 0.3) is 0 Å². The topological polar surface area (TPSA) is 55.0 Å². The molecule has 2 rings (SSSR count). The summed E-state index contributed by atoms with van der Waals surface area (Å²) in [6.07, 6.45) is 4.62. The zero-order valence-corrected chi connectivity index (χ0v) is 8.64. The minimum atomic E-state index is 0.517. The van der Waals surface area contributed by atoms with E-state index in [1.54, 1.807) is 12.4 Å². The van der Waals surface area contributed by atoms with Crippen molar-refractivity contribution >= 4 is 11.6 Å². The Morgan fingerprint density at radius 1 is 1.50 bits per heavy atom. The molecular formula is C10H16N4. The molecule has 1 aromatic rings. The molecule has 1 aromatic heterocycles. The van der Waals surface area contributed by atoms with E-state index in [2.05, 4.69) is 21.8 Å². The molecule has 1 fully saturated rings. The largest absolute Gasteiger partial charge is 0.381 e. The average molecular weight is 192 g/mol. The van der Waals surface area contributed by atoms with E-state index in [4.69, 9.17) is 5.73 Å². The quantitative estimate of drug-likeness (QED) is 0.780. The number of aromatic nitrogens is 2. The van der Waals surface area contributed by atoms with Crippen molar-refractivity contribution < 1.29 is 0 Å². The number of hydrogen-bond acceptors (Lipinski definition) is 4. The molecule has 2 atom stereocenters. The Balaban J connectivity index is 2.03. The Bertz CT molecular complexity index is 326. The van der Waals surface area contributed by atoms with E-state index in [9.17, 15) is 0 Å². The van der Waals surface area contributed by atoms with Crippen LogP contribution in [-0.4, -0.2) is 23.6 Å². The normalized spacial score (nSPS) is 24.7. The zero-order chi connectivity index (χ0) is 10.1. The summed E-state index contributed by atoms with van der Waals surface area (Å²) in [7, 11) is 2.02. The monoisotopic (exact) mass is 192 g/mol. The molecule has 4 nitrogen and oxygen atoms in total. The number of rotatable bonds is 3. The van der Waals surface area contributed by atoms with Gasteiger partial charge in [-0.15, -0.1) is 0 Å².